The summed E-state index contributed by atoms with van der Waals surface area (Å²) in [5.74, 6) is 1.48. The number of ether oxygens (including phenoxy) is 2. The number of amides is 1. The molecule has 29 heavy (non-hydrogen) atoms. The minimum atomic E-state index is -0.626. The largest absolute Gasteiger partial charge is 0.493 e. The van der Waals surface area contributed by atoms with Crippen molar-refractivity contribution >= 4 is 5.91 Å². The zero-order chi connectivity index (χ0) is 20.8. The normalized spacial score (nSPS) is 19.3. The summed E-state index contributed by atoms with van der Waals surface area (Å²) in [6, 6.07) is 8.10. The van der Waals surface area contributed by atoms with Gasteiger partial charge in [-0.1, -0.05) is 6.07 Å². The Balaban J connectivity index is 1.48. The molecule has 2 fully saturated rings. The third-order valence-electron chi connectivity index (χ3n) is 5.49. The van der Waals surface area contributed by atoms with Crippen LogP contribution in [0, 0.1) is 17.2 Å². The van der Waals surface area contributed by atoms with E-state index in [9.17, 15) is 9.90 Å². The summed E-state index contributed by atoms with van der Waals surface area (Å²) in [6.07, 6.45) is -0.626. The third-order valence-corrected chi connectivity index (χ3v) is 5.49. The van der Waals surface area contributed by atoms with Gasteiger partial charge in [0.15, 0.2) is 11.5 Å². The first-order valence-corrected chi connectivity index (χ1v) is 10.1. The van der Waals surface area contributed by atoms with E-state index < -0.39 is 6.10 Å². The number of piperazine rings is 1. The molecule has 1 unspecified atom stereocenters. The maximum atomic E-state index is 11.4. The van der Waals surface area contributed by atoms with Crippen molar-refractivity contribution in [2.45, 2.75) is 19.6 Å². The first-order chi connectivity index (χ1) is 14.0. The number of carbonyl (C=O) groups is 1. The van der Waals surface area contributed by atoms with Crippen LogP contribution in [0.5, 0.6) is 11.5 Å². The molecule has 1 aromatic carbocycles. The summed E-state index contributed by atoms with van der Waals surface area (Å²) in [6.45, 7) is 7.55. The molecule has 1 N–H and O–H groups in total. The Bertz CT molecular complexity index is 737. The average molecular weight is 402 g/mol. The van der Waals surface area contributed by atoms with E-state index in [-0.39, 0.29) is 18.4 Å². The molecule has 158 valence electrons. The number of hydrogen-bond acceptors (Lipinski definition) is 7. The van der Waals surface area contributed by atoms with Crippen molar-refractivity contribution in [3.8, 4) is 17.6 Å². The van der Waals surface area contributed by atoms with Crippen molar-refractivity contribution in [3.05, 3.63) is 23.8 Å². The quantitative estimate of drug-likeness (QED) is 0.679. The van der Waals surface area contributed by atoms with Gasteiger partial charge in [-0.25, -0.2) is 0 Å². The van der Waals surface area contributed by atoms with Crippen LogP contribution in [-0.2, 0) is 11.3 Å². The van der Waals surface area contributed by atoms with E-state index in [1.54, 1.807) is 14.0 Å². The molecular weight excluding hydrogens is 372 g/mol. The lowest BCUT2D eigenvalue weighted by molar-refractivity contribution is -0.130. The number of methoxy groups -OCH3 is 1. The van der Waals surface area contributed by atoms with Gasteiger partial charge in [0.1, 0.15) is 12.7 Å². The fourth-order valence-electron chi connectivity index (χ4n) is 3.75. The van der Waals surface area contributed by atoms with Gasteiger partial charge >= 0.3 is 0 Å². The number of benzene rings is 1. The molecule has 1 aromatic rings. The number of rotatable bonds is 8. The summed E-state index contributed by atoms with van der Waals surface area (Å²) >= 11 is 0. The van der Waals surface area contributed by atoms with Crippen LogP contribution in [0.3, 0.4) is 0 Å². The van der Waals surface area contributed by atoms with Crippen molar-refractivity contribution in [3.63, 3.8) is 0 Å². The first kappa shape index (κ1) is 21.4. The second-order valence-corrected chi connectivity index (χ2v) is 7.78. The third kappa shape index (κ3) is 5.82. The lowest BCUT2D eigenvalue weighted by Crippen LogP contribution is -2.50. The van der Waals surface area contributed by atoms with Gasteiger partial charge in [-0.2, -0.15) is 5.26 Å². The van der Waals surface area contributed by atoms with Gasteiger partial charge < -0.3 is 19.5 Å². The van der Waals surface area contributed by atoms with Gasteiger partial charge in [-0.15, -0.1) is 0 Å². The van der Waals surface area contributed by atoms with Gasteiger partial charge in [-0.3, -0.25) is 14.6 Å². The monoisotopic (exact) mass is 402 g/mol. The number of aliphatic hydroxyl groups excluding tert-OH is 1. The highest BCUT2D eigenvalue weighted by Gasteiger charge is 2.26. The predicted octanol–water partition coefficient (Wildman–Crippen LogP) is 0.554. The molecule has 1 atom stereocenters. The molecule has 0 radical (unpaired) electrons. The van der Waals surface area contributed by atoms with E-state index in [4.69, 9.17) is 14.7 Å². The molecule has 2 aliphatic heterocycles. The fourth-order valence-corrected chi connectivity index (χ4v) is 3.75. The van der Waals surface area contributed by atoms with Crippen LogP contribution in [0.15, 0.2) is 18.2 Å². The molecule has 0 aliphatic carbocycles. The standard InChI is InChI=1S/C21H30N4O4/c1-16(26)25-7-5-23(6-8-25)14-19(27)15-29-21-9-17(3-4-20(21)28-2)11-24-12-18(10-22)13-24/h3-4,9,18-19,27H,5-8,11-15H2,1-2H3. The SMILES string of the molecule is COc1ccc(CN2CC(C#N)C2)cc1OCC(O)CN1CCN(C(C)=O)CC1. The van der Waals surface area contributed by atoms with Crippen molar-refractivity contribution in [2.24, 2.45) is 5.92 Å². The molecule has 0 aromatic heterocycles. The number of β-amino-alcohol motifs (C(OH)–C–C–N with tert-alkyl or cyclic N) is 1. The number of nitrogens with zero attached hydrogens (tertiary/aromatic N) is 4. The zero-order valence-electron chi connectivity index (χ0n) is 17.2. The Labute approximate surface area is 172 Å². The van der Waals surface area contributed by atoms with E-state index in [0.29, 0.717) is 31.1 Å². The van der Waals surface area contributed by atoms with Crippen LogP contribution in [0.2, 0.25) is 0 Å². The van der Waals surface area contributed by atoms with Gasteiger partial charge in [0.05, 0.1) is 19.1 Å². The van der Waals surface area contributed by atoms with Crippen LogP contribution in [0.25, 0.3) is 0 Å². The highest BCUT2D eigenvalue weighted by molar-refractivity contribution is 5.73. The molecule has 0 spiro atoms. The zero-order valence-corrected chi connectivity index (χ0v) is 17.2. The molecule has 0 bridgehead atoms. The van der Waals surface area contributed by atoms with Crippen LogP contribution >= 0.6 is 0 Å². The van der Waals surface area contributed by atoms with Crippen LogP contribution in [-0.4, -0.2) is 91.3 Å². The number of aliphatic hydroxyl groups is 1. The summed E-state index contributed by atoms with van der Waals surface area (Å²) in [4.78, 5) is 17.6. The molecule has 3 rings (SSSR count). The molecular formula is C21H30N4O4. The van der Waals surface area contributed by atoms with Crippen molar-refractivity contribution in [2.75, 3.05) is 59.5 Å². The molecule has 2 aliphatic rings. The summed E-state index contributed by atoms with van der Waals surface area (Å²) in [7, 11) is 1.60. The fraction of sp³-hybridized carbons (Fsp3) is 0.619. The lowest BCUT2D eigenvalue weighted by atomic mass is 10.0. The Morgan fingerprint density at radius 2 is 1.97 bits per heavy atom. The lowest BCUT2D eigenvalue weighted by Gasteiger charge is -2.35. The van der Waals surface area contributed by atoms with Gasteiger partial charge in [-0.05, 0) is 17.7 Å². The second kappa shape index (κ2) is 9.92. The average Bonchev–Trinajstić information content (AvgIpc) is 2.69. The number of nitriles is 1. The van der Waals surface area contributed by atoms with Crippen LogP contribution in [0.1, 0.15) is 12.5 Å². The highest BCUT2D eigenvalue weighted by Crippen LogP contribution is 2.29. The van der Waals surface area contributed by atoms with E-state index in [2.05, 4.69) is 15.9 Å². The smallest absolute Gasteiger partial charge is 0.219 e. The molecule has 2 saturated heterocycles. The second-order valence-electron chi connectivity index (χ2n) is 7.78. The van der Waals surface area contributed by atoms with Crippen molar-refractivity contribution in [1.82, 2.24) is 14.7 Å². The van der Waals surface area contributed by atoms with E-state index in [1.807, 2.05) is 23.1 Å². The van der Waals surface area contributed by atoms with Crippen molar-refractivity contribution < 1.29 is 19.4 Å². The molecule has 2 heterocycles. The van der Waals surface area contributed by atoms with Crippen molar-refractivity contribution in [1.29, 1.82) is 5.26 Å². The minimum absolute atomic E-state index is 0.0990. The van der Waals surface area contributed by atoms with E-state index in [1.165, 1.54) is 0 Å². The maximum Gasteiger partial charge on any atom is 0.219 e. The summed E-state index contributed by atoms with van der Waals surface area (Å²) < 4.78 is 11.3. The maximum absolute atomic E-state index is 11.4. The van der Waals surface area contributed by atoms with Gasteiger partial charge in [0, 0.05) is 59.3 Å². The minimum Gasteiger partial charge on any atom is -0.493 e. The Morgan fingerprint density at radius 1 is 1.24 bits per heavy atom. The molecule has 0 saturated carbocycles. The van der Waals surface area contributed by atoms with Gasteiger partial charge in [0.2, 0.25) is 5.91 Å². The molecule has 8 heteroatoms. The molecule has 1 amide bonds. The number of hydrogen-bond donors (Lipinski definition) is 1. The summed E-state index contributed by atoms with van der Waals surface area (Å²) in [5, 5.41) is 19.3. The Kier molecular flexibility index (Phi) is 7.31. The number of carbonyl (C=O) groups excluding carboxylic acids is 1. The Hall–Kier alpha value is -2.34. The number of likely N-dealkylation sites (tertiary alicyclic amines) is 1. The topological polar surface area (TPSA) is 89.3 Å². The molecule has 8 nitrogen and oxygen atoms in total. The summed E-state index contributed by atoms with van der Waals surface area (Å²) in [5.41, 5.74) is 1.09. The van der Waals surface area contributed by atoms with Crippen LogP contribution in [0.4, 0.5) is 0 Å². The van der Waals surface area contributed by atoms with E-state index >= 15 is 0 Å². The Morgan fingerprint density at radius 3 is 2.59 bits per heavy atom. The van der Waals surface area contributed by atoms with Crippen LogP contribution < -0.4 is 9.47 Å². The first-order valence-electron chi connectivity index (χ1n) is 10.1. The van der Waals surface area contributed by atoms with Gasteiger partial charge in [0.25, 0.3) is 0 Å². The highest BCUT2D eigenvalue weighted by atomic mass is 16.5. The predicted molar refractivity (Wildman–Crippen MR) is 108 cm³/mol. The van der Waals surface area contributed by atoms with E-state index in [0.717, 1.165) is 38.3 Å².